The maximum atomic E-state index is 5.72. The molecule has 104 valence electrons. The molecule has 0 aliphatic carbocycles. The first-order chi connectivity index (χ1) is 9.05. The van der Waals surface area contributed by atoms with E-state index in [1.807, 2.05) is 13.8 Å². The summed E-state index contributed by atoms with van der Waals surface area (Å²) in [6.45, 7) is 4.54. The highest BCUT2D eigenvalue weighted by atomic mass is 16.5. The standard InChI is InChI=1S/C12H19N5O2/c1-12(2,18-4)5-6-19-10-8-9(15-7-14-8)16-11(13-3)17-10/h7H,5-6H2,1-4H3,(H2,13,14,15,16,17). The molecule has 7 heteroatoms. The topological polar surface area (TPSA) is 85.0 Å². The van der Waals surface area contributed by atoms with Crippen LogP contribution in [0.5, 0.6) is 5.88 Å². The van der Waals surface area contributed by atoms with E-state index in [2.05, 4.69) is 25.3 Å². The van der Waals surface area contributed by atoms with Gasteiger partial charge in [0.05, 0.1) is 18.5 Å². The van der Waals surface area contributed by atoms with Crippen LogP contribution in [-0.2, 0) is 4.74 Å². The maximum Gasteiger partial charge on any atom is 0.245 e. The van der Waals surface area contributed by atoms with Gasteiger partial charge in [-0.1, -0.05) is 0 Å². The second kappa shape index (κ2) is 5.40. The monoisotopic (exact) mass is 265 g/mol. The van der Waals surface area contributed by atoms with Gasteiger partial charge < -0.3 is 19.8 Å². The van der Waals surface area contributed by atoms with Crippen molar-refractivity contribution in [2.24, 2.45) is 0 Å². The number of nitrogens with one attached hydrogen (secondary N) is 2. The van der Waals surface area contributed by atoms with Crippen LogP contribution in [0.4, 0.5) is 5.95 Å². The van der Waals surface area contributed by atoms with E-state index in [0.717, 1.165) is 6.42 Å². The van der Waals surface area contributed by atoms with Gasteiger partial charge >= 0.3 is 0 Å². The summed E-state index contributed by atoms with van der Waals surface area (Å²) < 4.78 is 11.1. The summed E-state index contributed by atoms with van der Waals surface area (Å²) >= 11 is 0. The molecule has 0 saturated carbocycles. The Labute approximate surface area is 111 Å². The molecule has 0 radical (unpaired) electrons. The maximum absolute atomic E-state index is 5.72. The smallest absolute Gasteiger partial charge is 0.245 e. The van der Waals surface area contributed by atoms with E-state index in [1.54, 1.807) is 20.5 Å². The summed E-state index contributed by atoms with van der Waals surface area (Å²) in [6, 6.07) is 0. The highest BCUT2D eigenvalue weighted by Crippen LogP contribution is 2.21. The number of anilines is 1. The molecule has 0 saturated heterocycles. The average molecular weight is 265 g/mol. The molecule has 2 aromatic rings. The Bertz CT molecular complexity index is 552. The van der Waals surface area contributed by atoms with E-state index >= 15 is 0 Å². The molecule has 0 aliphatic rings. The van der Waals surface area contributed by atoms with Gasteiger partial charge in [-0.15, -0.1) is 0 Å². The van der Waals surface area contributed by atoms with E-state index in [9.17, 15) is 0 Å². The Balaban J connectivity index is 2.13. The second-order valence-electron chi connectivity index (χ2n) is 4.77. The Morgan fingerprint density at radius 3 is 2.84 bits per heavy atom. The molecular weight excluding hydrogens is 246 g/mol. The van der Waals surface area contributed by atoms with E-state index in [1.165, 1.54) is 0 Å². The third-order valence-corrected chi connectivity index (χ3v) is 2.97. The Hall–Kier alpha value is -1.89. The predicted octanol–water partition coefficient (Wildman–Crippen LogP) is 1.59. The predicted molar refractivity (Wildman–Crippen MR) is 72.4 cm³/mol. The number of nitrogens with zero attached hydrogens (tertiary/aromatic N) is 3. The molecule has 0 bridgehead atoms. The minimum atomic E-state index is -0.216. The van der Waals surface area contributed by atoms with Gasteiger partial charge in [-0.25, -0.2) is 4.98 Å². The molecule has 0 aliphatic heterocycles. The van der Waals surface area contributed by atoms with Crippen molar-refractivity contribution in [1.29, 1.82) is 0 Å². The minimum absolute atomic E-state index is 0.216. The number of imidazole rings is 1. The first-order valence-electron chi connectivity index (χ1n) is 6.12. The normalized spacial score (nSPS) is 11.8. The first kappa shape index (κ1) is 13.5. The number of methoxy groups -OCH3 is 1. The average Bonchev–Trinajstić information content (AvgIpc) is 2.86. The lowest BCUT2D eigenvalue weighted by Gasteiger charge is -2.22. The number of fused-ring (bicyclic) bond motifs is 1. The van der Waals surface area contributed by atoms with Crippen molar-refractivity contribution in [1.82, 2.24) is 19.9 Å². The van der Waals surface area contributed by atoms with Crippen molar-refractivity contribution < 1.29 is 9.47 Å². The van der Waals surface area contributed by atoms with Crippen LogP contribution in [0.1, 0.15) is 20.3 Å². The van der Waals surface area contributed by atoms with Crippen molar-refractivity contribution >= 4 is 17.1 Å². The summed E-state index contributed by atoms with van der Waals surface area (Å²) in [7, 11) is 3.45. The molecule has 2 N–H and O–H groups in total. The van der Waals surface area contributed by atoms with Crippen LogP contribution in [0.15, 0.2) is 6.33 Å². The largest absolute Gasteiger partial charge is 0.476 e. The first-order valence-corrected chi connectivity index (χ1v) is 6.12. The zero-order chi connectivity index (χ0) is 13.9. The van der Waals surface area contributed by atoms with Gasteiger partial charge in [0.2, 0.25) is 11.8 Å². The van der Waals surface area contributed by atoms with Gasteiger partial charge in [-0.05, 0) is 13.8 Å². The molecule has 0 fully saturated rings. The lowest BCUT2D eigenvalue weighted by Crippen LogP contribution is -2.25. The summed E-state index contributed by atoms with van der Waals surface area (Å²) in [5, 5.41) is 2.89. The van der Waals surface area contributed by atoms with Gasteiger partial charge in [0.15, 0.2) is 5.65 Å². The van der Waals surface area contributed by atoms with Crippen LogP contribution in [0.2, 0.25) is 0 Å². The number of rotatable bonds is 6. The molecular formula is C12H19N5O2. The summed E-state index contributed by atoms with van der Waals surface area (Å²) in [4.78, 5) is 15.6. The number of H-pyrrole nitrogens is 1. The third kappa shape index (κ3) is 3.11. The fraction of sp³-hybridized carbons (Fsp3) is 0.583. The fourth-order valence-electron chi connectivity index (χ4n) is 1.52. The summed E-state index contributed by atoms with van der Waals surface area (Å²) in [6.07, 6.45) is 2.34. The SMILES string of the molecule is CNc1nc(OCCC(C)(C)OC)c2[nH]cnc2n1. The Kier molecular flexibility index (Phi) is 3.84. The van der Waals surface area contributed by atoms with Crippen molar-refractivity contribution in [2.75, 3.05) is 26.1 Å². The zero-order valence-corrected chi connectivity index (χ0v) is 11.6. The lowest BCUT2D eigenvalue weighted by atomic mass is 10.1. The van der Waals surface area contributed by atoms with Crippen LogP contribution < -0.4 is 10.1 Å². The van der Waals surface area contributed by atoms with Crippen molar-refractivity contribution in [3.8, 4) is 5.88 Å². The molecule has 0 atom stereocenters. The minimum Gasteiger partial charge on any atom is -0.476 e. The van der Waals surface area contributed by atoms with Crippen LogP contribution in [0, 0.1) is 0 Å². The van der Waals surface area contributed by atoms with Crippen LogP contribution in [0.25, 0.3) is 11.2 Å². The molecule has 0 spiro atoms. The Morgan fingerprint density at radius 1 is 1.37 bits per heavy atom. The van der Waals surface area contributed by atoms with Gasteiger partial charge in [-0.3, -0.25) is 0 Å². The van der Waals surface area contributed by atoms with Gasteiger partial charge in [-0.2, -0.15) is 9.97 Å². The second-order valence-corrected chi connectivity index (χ2v) is 4.77. The van der Waals surface area contributed by atoms with Crippen molar-refractivity contribution in [3.63, 3.8) is 0 Å². The fourth-order valence-corrected chi connectivity index (χ4v) is 1.52. The molecule has 2 aromatic heterocycles. The lowest BCUT2D eigenvalue weighted by molar-refractivity contribution is 0.00522. The molecule has 7 nitrogen and oxygen atoms in total. The molecule has 0 aromatic carbocycles. The van der Waals surface area contributed by atoms with Crippen LogP contribution in [0.3, 0.4) is 0 Å². The Morgan fingerprint density at radius 2 is 2.16 bits per heavy atom. The van der Waals surface area contributed by atoms with Crippen molar-refractivity contribution in [2.45, 2.75) is 25.9 Å². The number of hydrogen-bond acceptors (Lipinski definition) is 6. The summed E-state index contributed by atoms with van der Waals surface area (Å²) in [5.74, 6) is 0.986. The summed E-state index contributed by atoms with van der Waals surface area (Å²) in [5.41, 5.74) is 1.07. The number of aromatic nitrogens is 4. The van der Waals surface area contributed by atoms with Crippen molar-refractivity contribution in [3.05, 3.63) is 6.33 Å². The molecule has 2 heterocycles. The highest BCUT2D eigenvalue weighted by molar-refractivity contribution is 5.76. The van der Waals surface area contributed by atoms with Crippen LogP contribution >= 0.6 is 0 Å². The van der Waals surface area contributed by atoms with Gasteiger partial charge in [0.1, 0.15) is 5.52 Å². The van der Waals surface area contributed by atoms with E-state index in [-0.39, 0.29) is 5.60 Å². The molecule has 2 rings (SSSR count). The van der Waals surface area contributed by atoms with Gasteiger partial charge in [0.25, 0.3) is 0 Å². The third-order valence-electron chi connectivity index (χ3n) is 2.97. The number of aromatic amines is 1. The number of ether oxygens (including phenoxy) is 2. The van der Waals surface area contributed by atoms with Crippen LogP contribution in [-0.4, -0.2) is 46.3 Å². The molecule has 0 unspecified atom stereocenters. The quantitative estimate of drug-likeness (QED) is 0.825. The molecule has 19 heavy (non-hydrogen) atoms. The number of hydrogen-bond donors (Lipinski definition) is 2. The zero-order valence-electron chi connectivity index (χ0n) is 11.6. The van der Waals surface area contributed by atoms with E-state index < -0.39 is 0 Å². The van der Waals surface area contributed by atoms with Gasteiger partial charge in [0, 0.05) is 20.6 Å². The van der Waals surface area contributed by atoms with E-state index in [0.29, 0.717) is 29.6 Å². The van der Waals surface area contributed by atoms with E-state index in [4.69, 9.17) is 9.47 Å². The highest BCUT2D eigenvalue weighted by Gasteiger charge is 2.17. The molecule has 0 amide bonds.